The third kappa shape index (κ3) is 2.42. The number of aromatic nitrogens is 1. The maximum absolute atomic E-state index is 13.3. The van der Waals surface area contributed by atoms with Crippen molar-refractivity contribution in [3.05, 3.63) is 40.7 Å². The van der Waals surface area contributed by atoms with Crippen molar-refractivity contribution in [2.45, 2.75) is 6.92 Å². The van der Waals surface area contributed by atoms with Crippen LogP contribution < -0.4 is 5.32 Å². The Morgan fingerprint density at radius 3 is 2.76 bits per heavy atom. The van der Waals surface area contributed by atoms with E-state index in [4.69, 9.17) is 5.11 Å². The van der Waals surface area contributed by atoms with E-state index in [1.54, 1.807) is 25.1 Å². The second kappa shape index (κ2) is 4.50. The molecule has 6 heteroatoms. The number of para-hydroxylation sites is 1. The van der Waals surface area contributed by atoms with E-state index < -0.39 is 11.8 Å². The minimum absolute atomic E-state index is 0.156. The maximum atomic E-state index is 13.3. The van der Waals surface area contributed by atoms with Crippen LogP contribution in [0.4, 0.5) is 15.2 Å². The number of halogens is 1. The molecule has 1 aromatic carbocycles. The molecule has 2 rings (SSSR count). The van der Waals surface area contributed by atoms with Gasteiger partial charge >= 0.3 is 5.97 Å². The van der Waals surface area contributed by atoms with Crippen LogP contribution in [0.1, 0.15) is 15.4 Å². The highest BCUT2D eigenvalue weighted by atomic mass is 32.1. The molecular formula is C11H9FN2O2S. The number of nitrogens with zero attached hydrogens (tertiary/aromatic N) is 1. The summed E-state index contributed by atoms with van der Waals surface area (Å²) >= 11 is 0.983. The topological polar surface area (TPSA) is 62.2 Å². The van der Waals surface area contributed by atoms with Gasteiger partial charge in [-0.2, -0.15) is 0 Å². The molecule has 0 saturated heterocycles. The molecular weight excluding hydrogens is 243 g/mol. The lowest BCUT2D eigenvalue weighted by Gasteiger charge is -2.02. The van der Waals surface area contributed by atoms with E-state index in [2.05, 4.69) is 10.3 Å². The molecule has 0 radical (unpaired) electrons. The smallest absolute Gasteiger partial charge is 0.347 e. The number of aromatic carboxylic acids is 1. The Balaban J connectivity index is 2.28. The monoisotopic (exact) mass is 252 g/mol. The summed E-state index contributed by atoms with van der Waals surface area (Å²) < 4.78 is 13.3. The molecule has 0 saturated carbocycles. The minimum atomic E-state index is -1.03. The molecule has 0 spiro atoms. The highest BCUT2D eigenvalue weighted by Gasteiger charge is 2.14. The minimum Gasteiger partial charge on any atom is -0.477 e. The fourth-order valence-electron chi connectivity index (χ4n) is 1.33. The third-order valence-corrected chi connectivity index (χ3v) is 3.17. The Hall–Kier alpha value is -1.95. The summed E-state index contributed by atoms with van der Waals surface area (Å²) in [5, 5.41) is 12.0. The zero-order chi connectivity index (χ0) is 12.4. The second-order valence-electron chi connectivity index (χ2n) is 3.34. The van der Waals surface area contributed by atoms with E-state index in [0.29, 0.717) is 10.8 Å². The van der Waals surface area contributed by atoms with Crippen molar-refractivity contribution >= 4 is 28.1 Å². The van der Waals surface area contributed by atoms with Crippen LogP contribution in [0.25, 0.3) is 0 Å². The Labute approximate surface area is 101 Å². The summed E-state index contributed by atoms with van der Waals surface area (Å²) in [4.78, 5) is 15.0. The van der Waals surface area contributed by atoms with Gasteiger partial charge in [0.2, 0.25) is 0 Å². The summed E-state index contributed by atoms with van der Waals surface area (Å²) in [6.45, 7) is 1.60. The average Bonchev–Trinajstić information content (AvgIpc) is 2.63. The largest absolute Gasteiger partial charge is 0.477 e. The van der Waals surface area contributed by atoms with E-state index in [1.165, 1.54) is 6.07 Å². The molecule has 0 aliphatic rings. The van der Waals surface area contributed by atoms with Gasteiger partial charge in [-0.05, 0) is 19.1 Å². The van der Waals surface area contributed by atoms with Gasteiger partial charge in [-0.1, -0.05) is 23.5 Å². The Morgan fingerprint density at radius 1 is 1.47 bits per heavy atom. The van der Waals surface area contributed by atoms with Gasteiger partial charge in [0.05, 0.1) is 11.4 Å². The number of carboxylic acid groups (broad SMARTS) is 1. The number of hydrogen-bond acceptors (Lipinski definition) is 4. The molecule has 2 aromatic rings. The first kappa shape index (κ1) is 11.5. The van der Waals surface area contributed by atoms with Gasteiger partial charge in [-0.25, -0.2) is 14.2 Å². The Kier molecular flexibility index (Phi) is 3.06. The van der Waals surface area contributed by atoms with E-state index in [-0.39, 0.29) is 10.6 Å². The number of hydrogen-bond donors (Lipinski definition) is 2. The van der Waals surface area contributed by atoms with Crippen molar-refractivity contribution < 1.29 is 14.3 Å². The van der Waals surface area contributed by atoms with Gasteiger partial charge in [0.1, 0.15) is 10.7 Å². The van der Waals surface area contributed by atoms with Gasteiger partial charge in [-0.3, -0.25) is 0 Å². The number of nitrogens with one attached hydrogen (secondary N) is 1. The quantitative estimate of drug-likeness (QED) is 0.881. The molecule has 0 bridgehead atoms. The molecule has 0 unspecified atom stereocenters. The summed E-state index contributed by atoms with van der Waals surface area (Å²) in [5.74, 6) is -1.43. The molecule has 88 valence electrons. The summed E-state index contributed by atoms with van der Waals surface area (Å²) in [6, 6.07) is 6.15. The van der Waals surface area contributed by atoms with Gasteiger partial charge in [0.25, 0.3) is 0 Å². The van der Waals surface area contributed by atoms with Crippen LogP contribution in [-0.2, 0) is 0 Å². The highest BCUT2D eigenvalue weighted by molar-refractivity contribution is 7.17. The predicted octanol–water partition coefficient (Wildman–Crippen LogP) is 3.03. The van der Waals surface area contributed by atoms with E-state index in [1.807, 2.05) is 0 Å². The molecule has 2 N–H and O–H groups in total. The lowest BCUT2D eigenvalue weighted by Crippen LogP contribution is -1.94. The number of carbonyl (C=O) groups is 1. The SMILES string of the molecule is Cc1nc(Nc2ccccc2F)sc1C(=O)O. The lowest BCUT2D eigenvalue weighted by molar-refractivity contribution is 0.0701. The summed E-state index contributed by atoms with van der Waals surface area (Å²) in [7, 11) is 0. The number of anilines is 2. The number of aryl methyl sites for hydroxylation is 1. The molecule has 0 aliphatic heterocycles. The lowest BCUT2D eigenvalue weighted by atomic mass is 10.3. The van der Waals surface area contributed by atoms with E-state index >= 15 is 0 Å². The molecule has 1 heterocycles. The molecule has 0 aliphatic carbocycles. The van der Waals surface area contributed by atoms with Gasteiger partial charge in [0, 0.05) is 0 Å². The van der Waals surface area contributed by atoms with Crippen LogP contribution in [0.15, 0.2) is 24.3 Å². The van der Waals surface area contributed by atoms with Crippen molar-refractivity contribution in [1.82, 2.24) is 4.98 Å². The first-order valence-corrected chi connectivity index (χ1v) is 5.62. The second-order valence-corrected chi connectivity index (χ2v) is 4.34. The van der Waals surface area contributed by atoms with Crippen molar-refractivity contribution in [2.75, 3.05) is 5.32 Å². The van der Waals surface area contributed by atoms with E-state index in [9.17, 15) is 9.18 Å². The van der Waals surface area contributed by atoms with Gasteiger partial charge < -0.3 is 10.4 Å². The number of carboxylic acids is 1. The van der Waals surface area contributed by atoms with Gasteiger partial charge in [0.15, 0.2) is 5.13 Å². The number of benzene rings is 1. The highest BCUT2D eigenvalue weighted by Crippen LogP contribution is 2.26. The van der Waals surface area contributed by atoms with Crippen molar-refractivity contribution in [3.63, 3.8) is 0 Å². The zero-order valence-corrected chi connectivity index (χ0v) is 9.71. The summed E-state index contributed by atoms with van der Waals surface area (Å²) in [5.41, 5.74) is 0.694. The molecule has 0 atom stereocenters. The first-order valence-electron chi connectivity index (χ1n) is 4.80. The predicted molar refractivity (Wildman–Crippen MR) is 63.5 cm³/mol. The van der Waals surface area contributed by atoms with Crippen molar-refractivity contribution in [3.8, 4) is 0 Å². The molecule has 0 amide bonds. The molecule has 0 fully saturated rings. The Bertz CT molecular complexity index is 568. The standard InChI is InChI=1S/C11H9FN2O2S/c1-6-9(10(15)16)17-11(13-6)14-8-5-3-2-4-7(8)12/h2-5H,1H3,(H,13,14)(H,15,16). The fourth-order valence-corrected chi connectivity index (χ4v) is 2.14. The number of rotatable bonds is 3. The maximum Gasteiger partial charge on any atom is 0.347 e. The van der Waals surface area contributed by atoms with Gasteiger partial charge in [-0.15, -0.1) is 0 Å². The van der Waals surface area contributed by atoms with Crippen LogP contribution >= 0.6 is 11.3 Å². The number of thiazole rings is 1. The zero-order valence-electron chi connectivity index (χ0n) is 8.90. The van der Waals surface area contributed by atoms with Crippen molar-refractivity contribution in [1.29, 1.82) is 0 Å². The fraction of sp³-hybridized carbons (Fsp3) is 0.0909. The Morgan fingerprint density at radius 2 is 2.18 bits per heavy atom. The van der Waals surface area contributed by atoms with Crippen molar-refractivity contribution in [2.24, 2.45) is 0 Å². The van der Waals surface area contributed by atoms with Crippen LogP contribution in [0.2, 0.25) is 0 Å². The van der Waals surface area contributed by atoms with E-state index in [0.717, 1.165) is 11.3 Å². The molecule has 4 nitrogen and oxygen atoms in total. The van der Waals surface area contributed by atoms with Crippen LogP contribution in [0.3, 0.4) is 0 Å². The van der Waals surface area contributed by atoms with Crippen LogP contribution in [0.5, 0.6) is 0 Å². The first-order chi connectivity index (χ1) is 8.08. The molecule has 17 heavy (non-hydrogen) atoms. The summed E-state index contributed by atoms with van der Waals surface area (Å²) in [6.07, 6.45) is 0. The molecule has 1 aromatic heterocycles. The third-order valence-electron chi connectivity index (χ3n) is 2.11. The van der Waals surface area contributed by atoms with Crippen LogP contribution in [-0.4, -0.2) is 16.1 Å². The normalized spacial score (nSPS) is 10.2. The van der Waals surface area contributed by atoms with Crippen LogP contribution in [0, 0.1) is 12.7 Å². The average molecular weight is 252 g/mol.